The third-order valence-corrected chi connectivity index (χ3v) is 3.25. The highest BCUT2D eigenvalue weighted by molar-refractivity contribution is 7.99. The van der Waals surface area contributed by atoms with E-state index in [2.05, 4.69) is 0 Å². The Morgan fingerprint density at radius 2 is 2.06 bits per heavy atom. The van der Waals surface area contributed by atoms with E-state index in [0.29, 0.717) is 5.75 Å². The molecule has 2 rings (SSSR count). The number of hydrogen-bond acceptors (Lipinski definition) is 3. The summed E-state index contributed by atoms with van der Waals surface area (Å²) in [5.41, 5.74) is 0.181. The topological polar surface area (TPSA) is 30.2 Å². The molecule has 2 aromatic rings. The minimum Gasteiger partial charge on any atom is -0.468 e. The first kappa shape index (κ1) is 12.8. The van der Waals surface area contributed by atoms with Gasteiger partial charge in [-0.1, -0.05) is 0 Å². The summed E-state index contributed by atoms with van der Waals surface area (Å²) in [5.74, 6) is -0.635. The zero-order valence-electron chi connectivity index (χ0n) is 9.36. The van der Waals surface area contributed by atoms with E-state index in [4.69, 9.17) is 4.42 Å². The summed E-state index contributed by atoms with van der Waals surface area (Å²) in [4.78, 5) is 11.7. The molecule has 94 valence electrons. The first-order chi connectivity index (χ1) is 8.66. The summed E-state index contributed by atoms with van der Waals surface area (Å²) in [7, 11) is 0. The first-order valence-corrected chi connectivity index (χ1v) is 6.40. The van der Waals surface area contributed by atoms with Crippen molar-refractivity contribution in [3.8, 4) is 0 Å². The minimum absolute atomic E-state index is 0.181. The van der Waals surface area contributed by atoms with E-state index in [9.17, 15) is 13.6 Å². The van der Waals surface area contributed by atoms with E-state index in [0.717, 1.165) is 17.9 Å². The smallest absolute Gasteiger partial charge is 0.172 e. The average molecular weight is 268 g/mol. The average Bonchev–Trinajstić information content (AvgIpc) is 2.85. The van der Waals surface area contributed by atoms with Gasteiger partial charge in [-0.15, -0.1) is 11.8 Å². The van der Waals surface area contributed by atoms with Crippen LogP contribution in [-0.4, -0.2) is 11.5 Å². The molecule has 0 unspecified atom stereocenters. The lowest BCUT2D eigenvalue weighted by atomic mass is 10.1. The molecule has 5 heteroatoms. The standard InChI is InChI=1S/C13H10F2O2S/c14-11-4-3-9(6-12(11)15)13(16)8-18-7-10-2-1-5-17-10/h1-6H,7-8H2. The normalized spacial score (nSPS) is 10.6. The Bertz CT molecular complexity index is 538. The molecule has 1 heterocycles. The quantitative estimate of drug-likeness (QED) is 0.775. The van der Waals surface area contributed by atoms with Crippen LogP contribution in [0.3, 0.4) is 0 Å². The molecule has 0 fully saturated rings. The van der Waals surface area contributed by atoms with Gasteiger partial charge in [-0.3, -0.25) is 4.79 Å². The van der Waals surface area contributed by atoms with Crippen LogP contribution in [0, 0.1) is 11.6 Å². The summed E-state index contributed by atoms with van der Waals surface area (Å²) in [6.07, 6.45) is 1.56. The molecule has 0 spiro atoms. The second-order valence-electron chi connectivity index (χ2n) is 3.62. The number of rotatable bonds is 5. The SMILES string of the molecule is O=C(CSCc1ccco1)c1ccc(F)c(F)c1. The molecule has 0 bridgehead atoms. The molecule has 0 atom stereocenters. The Kier molecular flexibility index (Phi) is 4.15. The van der Waals surface area contributed by atoms with Gasteiger partial charge in [-0.2, -0.15) is 0 Å². The van der Waals surface area contributed by atoms with Gasteiger partial charge in [-0.05, 0) is 30.3 Å². The van der Waals surface area contributed by atoms with E-state index >= 15 is 0 Å². The summed E-state index contributed by atoms with van der Waals surface area (Å²) in [6, 6.07) is 6.75. The van der Waals surface area contributed by atoms with Gasteiger partial charge >= 0.3 is 0 Å². The minimum atomic E-state index is -1.00. The van der Waals surface area contributed by atoms with Gasteiger partial charge in [0, 0.05) is 5.56 Å². The maximum atomic E-state index is 12.9. The Morgan fingerprint density at radius 1 is 1.22 bits per heavy atom. The maximum Gasteiger partial charge on any atom is 0.172 e. The van der Waals surface area contributed by atoms with Crippen molar-refractivity contribution in [3.63, 3.8) is 0 Å². The zero-order valence-corrected chi connectivity index (χ0v) is 10.2. The fraction of sp³-hybridized carbons (Fsp3) is 0.154. The Labute approximate surface area is 107 Å². The number of hydrogen-bond donors (Lipinski definition) is 0. The van der Waals surface area contributed by atoms with Crippen molar-refractivity contribution in [3.05, 3.63) is 59.6 Å². The molecule has 0 N–H and O–H groups in total. The van der Waals surface area contributed by atoms with Gasteiger partial charge in [0.2, 0.25) is 0 Å². The predicted molar refractivity (Wildman–Crippen MR) is 65.6 cm³/mol. The predicted octanol–water partition coefficient (Wildman–Crippen LogP) is 3.67. The van der Waals surface area contributed by atoms with Crippen molar-refractivity contribution in [1.29, 1.82) is 0 Å². The molecule has 0 aliphatic heterocycles. The van der Waals surface area contributed by atoms with Crippen LogP contribution in [0.1, 0.15) is 16.1 Å². The van der Waals surface area contributed by atoms with Crippen molar-refractivity contribution in [2.45, 2.75) is 5.75 Å². The highest BCUT2D eigenvalue weighted by Gasteiger charge is 2.10. The summed E-state index contributed by atoms with van der Waals surface area (Å²) in [6.45, 7) is 0. The summed E-state index contributed by atoms with van der Waals surface area (Å²) < 4.78 is 30.7. The number of ketones is 1. The monoisotopic (exact) mass is 268 g/mol. The summed E-state index contributed by atoms with van der Waals surface area (Å²) >= 11 is 1.36. The highest BCUT2D eigenvalue weighted by atomic mass is 32.2. The molecule has 2 nitrogen and oxygen atoms in total. The number of halogens is 2. The molecule has 0 radical (unpaired) electrons. The number of Topliss-reactive ketones (excluding diaryl/α,β-unsaturated/α-hetero) is 1. The second kappa shape index (κ2) is 5.82. The fourth-order valence-corrected chi connectivity index (χ4v) is 2.21. The lowest BCUT2D eigenvalue weighted by Gasteiger charge is -2.01. The van der Waals surface area contributed by atoms with Crippen LogP contribution in [0.25, 0.3) is 0 Å². The van der Waals surface area contributed by atoms with Gasteiger partial charge in [0.15, 0.2) is 17.4 Å². The Balaban J connectivity index is 1.89. The molecule has 0 saturated heterocycles. The van der Waals surface area contributed by atoms with Crippen LogP contribution in [0.5, 0.6) is 0 Å². The van der Waals surface area contributed by atoms with Crippen LogP contribution in [0.15, 0.2) is 41.0 Å². The first-order valence-electron chi connectivity index (χ1n) is 5.25. The van der Waals surface area contributed by atoms with Crippen molar-refractivity contribution >= 4 is 17.5 Å². The molecule has 18 heavy (non-hydrogen) atoms. The van der Waals surface area contributed by atoms with Gasteiger partial charge < -0.3 is 4.42 Å². The number of thioether (sulfide) groups is 1. The molecule has 0 aliphatic carbocycles. The van der Waals surface area contributed by atoms with E-state index in [-0.39, 0.29) is 17.1 Å². The molecule has 1 aromatic carbocycles. The van der Waals surface area contributed by atoms with Crippen molar-refractivity contribution in [2.24, 2.45) is 0 Å². The van der Waals surface area contributed by atoms with Crippen LogP contribution < -0.4 is 0 Å². The Morgan fingerprint density at radius 3 is 2.72 bits per heavy atom. The lowest BCUT2D eigenvalue weighted by Crippen LogP contribution is -2.03. The molecule has 0 saturated carbocycles. The van der Waals surface area contributed by atoms with Gasteiger partial charge in [0.05, 0.1) is 17.8 Å². The molecular formula is C13H10F2O2S. The van der Waals surface area contributed by atoms with E-state index in [1.165, 1.54) is 17.8 Å². The van der Waals surface area contributed by atoms with Crippen molar-refractivity contribution in [1.82, 2.24) is 0 Å². The van der Waals surface area contributed by atoms with Crippen LogP contribution in [-0.2, 0) is 5.75 Å². The molecule has 0 amide bonds. The van der Waals surface area contributed by atoms with Gasteiger partial charge in [0.1, 0.15) is 5.76 Å². The van der Waals surface area contributed by atoms with Gasteiger partial charge in [0.25, 0.3) is 0 Å². The van der Waals surface area contributed by atoms with Gasteiger partial charge in [-0.25, -0.2) is 8.78 Å². The molecule has 0 aliphatic rings. The zero-order chi connectivity index (χ0) is 13.0. The highest BCUT2D eigenvalue weighted by Crippen LogP contribution is 2.15. The third-order valence-electron chi connectivity index (χ3n) is 2.30. The third kappa shape index (κ3) is 3.20. The Hall–Kier alpha value is -1.62. The number of carbonyl (C=O) groups excluding carboxylic acids is 1. The molecular weight excluding hydrogens is 258 g/mol. The van der Waals surface area contributed by atoms with Crippen LogP contribution in [0.4, 0.5) is 8.78 Å². The van der Waals surface area contributed by atoms with E-state index in [1.54, 1.807) is 12.3 Å². The number of carbonyl (C=O) groups is 1. The molecule has 1 aromatic heterocycles. The second-order valence-corrected chi connectivity index (χ2v) is 4.61. The number of furan rings is 1. The van der Waals surface area contributed by atoms with E-state index in [1.807, 2.05) is 6.07 Å². The lowest BCUT2D eigenvalue weighted by molar-refractivity contribution is 0.102. The largest absolute Gasteiger partial charge is 0.468 e. The van der Waals surface area contributed by atoms with E-state index < -0.39 is 11.6 Å². The van der Waals surface area contributed by atoms with Crippen LogP contribution >= 0.6 is 11.8 Å². The fourth-order valence-electron chi connectivity index (χ4n) is 1.39. The van der Waals surface area contributed by atoms with Crippen molar-refractivity contribution < 1.29 is 18.0 Å². The van der Waals surface area contributed by atoms with Crippen molar-refractivity contribution in [2.75, 3.05) is 5.75 Å². The maximum absolute atomic E-state index is 12.9. The number of benzene rings is 1. The summed E-state index contributed by atoms with van der Waals surface area (Å²) in [5, 5.41) is 0. The van der Waals surface area contributed by atoms with Crippen LogP contribution in [0.2, 0.25) is 0 Å².